The van der Waals surface area contributed by atoms with Crippen molar-refractivity contribution in [1.29, 1.82) is 5.26 Å². The SMILES string of the molecule is CNC1(C#N)CCC(Oc2ccc(CO)cc2)C1. The molecule has 2 N–H and O–H groups in total. The third-order valence-electron chi connectivity index (χ3n) is 3.57. The Labute approximate surface area is 107 Å². The van der Waals surface area contributed by atoms with Crippen LogP contribution in [-0.4, -0.2) is 23.8 Å². The molecule has 1 saturated carbocycles. The van der Waals surface area contributed by atoms with Crippen molar-refractivity contribution in [3.8, 4) is 11.8 Å². The maximum Gasteiger partial charge on any atom is 0.119 e. The van der Waals surface area contributed by atoms with Gasteiger partial charge in [0.25, 0.3) is 0 Å². The maximum absolute atomic E-state index is 9.17. The van der Waals surface area contributed by atoms with Crippen molar-refractivity contribution in [2.24, 2.45) is 0 Å². The first-order valence-corrected chi connectivity index (χ1v) is 6.18. The summed E-state index contributed by atoms with van der Waals surface area (Å²) < 4.78 is 5.86. The molecule has 4 nitrogen and oxygen atoms in total. The Bertz CT molecular complexity index is 438. The van der Waals surface area contributed by atoms with E-state index in [2.05, 4.69) is 11.4 Å². The van der Waals surface area contributed by atoms with E-state index in [0.717, 1.165) is 24.2 Å². The molecule has 1 fully saturated rings. The lowest BCUT2D eigenvalue weighted by Crippen LogP contribution is -2.39. The predicted molar refractivity (Wildman–Crippen MR) is 68.0 cm³/mol. The van der Waals surface area contributed by atoms with E-state index in [1.807, 2.05) is 31.3 Å². The second-order valence-corrected chi connectivity index (χ2v) is 4.73. The van der Waals surface area contributed by atoms with Gasteiger partial charge in [-0.1, -0.05) is 12.1 Å². The molecule has 0 aromatic heterocycles. The molecule has 4 heteroatoms. The number of hydrogen-bond acceptors (Lipinski definition) is 4. The van der Waals surface area contributed by atoms with E-state index in [-0.39, 0.29) is 12.7 Å². The van der Waals surface area contributed by atoms with Crippen LogP contribution in [0.2, 0.25) is 0 Å². The quantitative estimate of drug-likeness (QED) is 0.846. The number of nitrogens with one attached hydrogen (secondary N) is 1. The fourth-order valence-electron chi connectivity index (χ4n) is 2.35. The summed E-state index contributed by atoms with van der Waals surface area (Å²) in [6, 6.07) is 9.75. The molecule has 1 aromatic carbocycles. The Kier molecular flexibility index (Phi) is 3.85. The highest BCUT2D eigenvalue weighted by Crippen LogP contribution is 2.32. The molecule has 0 heterocycles. The van der Waals surface area contributed by atoms with Crippen molar-refractivity contribution in [3.63, 3.8) is 0 Å². The van der Waals surface area contributed by atoms with Crippen molar-refractivity contribution >= 4 is 0 Å². The summed E-state index contributed by atoms with van der Waals surface area (Å²) in [6.07, 6.45) is 2.49. The van der Waals surface area contributed by atoms with Crippen LogP contribution in [0.4, 0.5) is 0 Å². The van der Waals surface area contributed by atoms with Gasteiger partial charge in [0.1, 0.15) is 17.4 Å². The van der Waals surface area contributed by atoms with Gasteiger partial charge < -0.3 is 15.2 Å². The van der Waals surface area contributed by atoms with E-state index in [0.29, 0.717) is 6.42 Å². The highest BCUT2D eigenvalue weighted by Gasteiger charge is 2.39. The summed E-state index contributed by atoms with van der Waals surface area (Å²) in [6.45, 7) is 0.0427. The van der Waals surface area contributed by atoms with E-state index in [1.165, 1.54) is 0 Å². The molecule has 96 valence electrons. The van der Waals surface area contributed by atoms with Crippen LogP contribution in [0.5, 0.6) is 5.75 Å². The maximum atomic E-state index is 9.17. The number of nitriles is 1. The van der Waals surface area contributed by atoms with Gasteiger partial charge in [0.15, 0.2) is 0 Å². The normalized spacial score (nSPS) is 26.8. The van der Waals surface area contributed by atoms with Crippen LogP contribution in [0, 0.1) is 11.3 Å². The lowest BCUT2D eigenvalue weighted by Gasteiger charge is -2.20. The molecule has 0 radical (unpaired) electrons. The molecule has 0 bridgehead atoms. The Hall–Kier alpha value is -1.57. The molecule has 2 unspecified atom stereocenters. The van der Waals surface area contributed by atoms with Crippen molar-refractivity contribution in [3.05, 3.63) is 29.8 Å². The Morgan fingerprint density at radius 1 is 1.50 bits per heavy atom. The Morgan fingerprint density at radius 2 is 2.22 bits per heavy atom. The summed E-state index contributed by atoms with van der Waals surface area (Å²) >= 11 is 0. The predicted octanol–water partition coefficient (Wildman–Crippen LogP) is 1.59. The molecule has 2 rings (SSSR count). The number of rotatable bonds is 4. The molecule has 0 spiro atoms. The molecule has 18 heavy (non-hydrogen) atoms. The molecule has 0 saturated heterocycles. The molecule has 1 aromatic rings. The standard InChI is InChI=1S/C14H18N2O2/c1-16-14(10-15)7-6-13(8-14)18-12-4-2-11(9-17)3-5-12/h2-5,13,16-17H,6-9H2,1H3. The lowest BCUT2D eigenvalue weighted by molar-refractivity contribution is 0.202. The third-order valence-corrected chi connectivity index (χ3v) is 3.57. The van der Waals surface area contributed by atoms with Crippen LogP contribution < -0.4 is 10.1 Å². The minimum absolute atomic E-state index is 0.0427. The highest BCUT2D eigenvalue weighted by molar-refractivity contribution is 5.27. The van der Waals surface area contributed by atoms with Gasteiger partial charge in [-0.2, -0.15) is 5.26 Å². The van der Waals surface area contributed by atoms with Crippen molar-refractivity contribution < 1.29 is 9.84 Å². The molecule has 0 amide bonds. The van der Waals surface area contributed by atoms with E-state index in [9.17, 15) is 5.26 Å². The molecule has 2 atom stereocenters. The smallest absolute Gasteiger partial charge is 0.119 e. The fourth-order valence-corrected chi connectivity index (χ4v) is 2.35. The summed E-state index contributed by atoms with van der Waals surface area (Å²) in [5, 5.41) is 21.2. The van der Waals surface area contributed by atoms with E-state index in [4.69, 9.17) is 9.84 Å². The van der Waals surface area contributed by atoms with Gasteiger partial charge in [0, 0.05) is 6.42 Å². The first-order chi connectivity index (χ1) is 8.71. The largest absolute Gasteiger partial charge is 0.490 e. The summed E-state index contributed by atoms with van der Waals surface area (Å²) in [5.74, 6) is 0.794. The van der Waals surface area contributed by atoms with Crippen LogP contribution in [0.3, 0.4) is 0 Å². The number of ether oxygens (including phenoxy) is 1. The monoisotopic (exact) mass is 246 g/mol. The van der Waals surface area contributed by atoms with Gasteiger partial charge >= 0.3 is 0 Å². The molecule has 1 aliphatic rings. The number of aliphatic hydroxyl groups is 1. The van der Waals surface area contributed by atoms with E-state index >= 15 is 0 Å². The Balaban J connectivity index is 1.97. The first-order valence-electron chi connectivity index (χ1n) is 6.18. The van der Waals surface area contributed by atoms with Gasteiger partial charge in [-0.05, 0) is 37.6 Å². The van der Waals surface area contributed by atoms with E-state index in [1.54, 1.807) is 0 Å². The number of nitrogens with zero attached hydrogens (tertiary/aromatic N) is 1. The lowest BCUT2D eigenvalue weighted by atomic mass is 10.0. The van der Waals surface area contributed by atoms with Gasteiger partial charge in [0.2, 0.25) is 0 Å². The molecule has 1 aliphatic carbocycles. The number of aliphatic hydroxyl groups excluding tert-OH is 1. The highest BCUT2D eigenvalue weighted by atomic mass is 16.5. The van der Waals surface area contributed by atoms with Crippen LogP contribution in [-0.2, 0) is 6.61 Å². The van der Waals surface area contributed by atoms with Crippen molar-refractivity contribution in [2.75, 3.05) is 7.05 Å². The van der Waals surface area contributed by atoms with Gasteiger partial charge in [0.05, 0.1) is 12.7 Å². The summed E-state index contributed by atoms with van der Waals surface area (Å²) in [7, 11) is 1.82. The van der Waals surface area contributed by atoms with Crippen LogP contribution in [0.15, 0.2) is 24.3 Å². The van der Waals surface area contributed by atoms with Gasteiger partial charge in [-0.25, -0.2) is 0 Å². The zero-order valence-electron chi connectivity index (χ0n) is 10.5. The Morgan fingerprint density at radius 3 is 2.72 bits per heavy atom. The van der Waals surface area contributed by atoms with Crippen LogP contribution in [0.1, 0.15) is 24.8 Å². The topological polar surface area (TPSA) is 65.3 Å². The zero-order valence-corrected chi connectivity index (χ0v) is 10.5. The number of hydrogen-bond donors (Lipinski definition) is 2. The molecular weight excluding hydrogens is 228 g/mol. The molecular formula is C14H18N2O2. The average Bonchev–Trinajstić information content (AvgIpc) is 2.84. The van der Waals surface area contributed by atoms with Crippen molar-refractivity contribution in [1.82, 2.24) is 5.32 Å². The second kappa shape index (κ2) is 5.38. The second-order valence-electron chi connectivity index (χ2n) is 4.73. The zero-order chi connectivity index (χ0) is 13.0. The van der Waals surface area contributed by atoms with Crippen LogP contribution >= 0.6 is 0 Å². The summed E-state index contributed by atoms with van der Waals surface area (Å²) in [5.41, 5.74) is 0.436. The van der Waals surface area contributed by atoms with Crippen molar-refractivity contribution in [2.45, 2.75) is 37.5 Å². The minimum Gasteiger partial charge on any atom is -0.490 e. The van der Waals surface area contributed by atoms with Crippen LogP contribution in [0.25, 0.3) is 0 Å². The first kappa shape index (κ1) is 12.9. The third kappa shape index (κ3) is 2.63. The minimum atomic E-state index is -0.435. The van der Waals surface area contributed by atoms with E-state index < -0.39 is 5.54 Å². The fraction of sp³-hybridized carbons (Fsp3) is 0.500. The summed E-state index contributed by atoms with van der Waals surface area (Å²) in [4.78, 5) is 0. The van der Waals surface area contributed by atoms with Gasteiger partial charge in [-0.3, -0.25) is 0 Å². The number of benzene rings is 1. The van der Waals surface area contributed by atoms with Gasteiger partial charge in [-0.15, -0.1) is 0 Å². The molecule has 0 aliphatic heterocycles. The average molecular weight is 246 g/mol.